The van der Waals surface area contributed by atoms with Crippen LogP contribution in [-0.4, -0.2) is 18.3 Å². The smallest absolute Gasteiger partial charge is 0.124 e. The average Bonchev–Trinajstić information content (AvgIpc) is 2.37. The van der Waals surface area contributed by atoms with Crippen molar-refractivity contribution in [1.82, 2.24) is 5.32 Å². The lowest BCUT2D eigenvalue weighted by atomic mass is 10.0. The molecule has 2 N–H and O–H groups in total. The Morgan fingerprint density at radius 2 is 2.22 bits per heavy atom. The van der Waals surface area contributed by atoms with Gasteiger partial charge in [-0.05, 0) is 19.4 Å². The fraction of sp³-hybridized carbons (Fsp3) is 0.467. The Labute approximate surface area is 109 Å². The number of hydrogen-bond acceptors (Lipinski definition) is 3. The quantitative estimate of drug-likeness (QED) is 0.759. The molecule has 0 aromatic heterocycles. The Kier molecular flexibility index (Phi) is 5.54. The van der Waals surface area contributed by atoms with Gasteiger partial charge in [0.2, 0.25) is 0 Å². The molecular weight excluding hydrogens is 226 g/mol. The Balaban J connectivity index is 2.78. The summed E-state index contributed by atoms with van der Waals surface area (Å²) in [6, 6.07) is 5.33. The summed E-state index contributed by atoms with van der Waals surface area (Å²) in [5, 5.41) is 13.3. The lowest BCUT2D eigenvalue weighted by molar-refractivity contribution is 0.402. The molecule has 0 saturated heterocycles. The van der Waals surface area contributed by atoms with Gasteiger partial charge in [-0.2, -0.15) is 0 Å². The van der Waals surface area contributed by atoms with Gasteiger partial charge < -0.3 is 9.84 Å². The molecule has 1 aromatic rings. The van der Waals surface area contributed by atoms with Crippen molar-refractivity contribution in [3.05, 3.63) is 23.8 Å². The summed E-state index contributed by atoms with van der Waals surface area (Å²) in [6.45, 7) is 4.09. The highest BCUT2D eigenvalue weighted by Crippen LogP contribution is 2.28. The van der Waals surface area contributed by atoms with E-state index in [-0.39, 0.29) is 17.8 Å². The summed E-state index contributed by atoms with van der Waals surface area (Å²) in [5.74, 6) is 3.60. The van der Waals surface area contributed by atoms with E-state index in [1.54, 1.807) is 13.2 Å². The van der Waals surface area contributed by atoms with Gasteiger partial charge in [-0.25, -0.2) is 0 Å². The molecule has 18 heavy (non-hydrogen) atoms. The number of phenolic OH excluding ortho intramolecular Hbond substituents is 1. The van der Waals surface area contributed by atoms with Crippen LogP contribution in [-0.2, 0) is 0 Å². The first-order valence-electron chi connectivity index (χ1n) is 6.21. The summed E-state index contributed by atoms with van der Waals surface area (Å²) in [6.07, 6.45) is 7.43. The zero-order valence-electron chi connectivity index (χ0n) is 11.2. The van der Waals surface area contributed by atoms with Crippen LogP contribution in [0.3, 0.4) is 0 Å². The minimum atomic E-state index is 0.00325. The number of nitrogens with one attached hydrogen (secondary N) is 1. The second-order valence-electron chi connectivity index (χ2n) is 4.32. The molecule has 0 bridgehead atoms. The van der Waals surface area contributed by atoms with Crippen LogP contribution in [0.15, 0.2) is 18.2 Å². The third-order valence-corrected chi connectivity index (χ3v) is 2.93. The molecule has 1 aromatic carbocycles. The van der Waals surface area contributed by atoms with E-state index >= 15 is 0 Å². The van der Waals surface area contributed by atoms with Crippen LogP contribution < -0.4 is 10.1 Å². The zero-order valence-corrected chi connectivity index (χ0v) is 11.2. The fourth-order valence-electron chi connectivity index (χ4n) is 1.91. The van der Waals surface area contributed by atoms with E-state index in [4.69, 9.17) is 11.2 Å². The van der Waals surface area contributed by atoms with E-state index in [0.717, 1.165) is 18.4 Å². The van der Waals surface area contributed by atoms with Gasteiger partial charge in [-0.3, -0.25) is 5.32 Å². The topological polar surface area (TPSA) is 41.5 Å². The maximum atomic E-state index is 9.94. The number of ether oxygens (including phenoxy) is 1. The molecule has 98 valence electrons. The molecule has 0 saturated carbocycles. The van der Waals surface area contributed by atoms with E-state index in [0.29, 0.717) is 5.75 Å². The first-order chi connectivity index (χ1) is 8.62. The van der Waals surface area contributed by atoms with Gasteiger partial charge in [0, 0.05) is 17.7 Å². The summed E-state index contributed by atoms with van der Waals surface area (Å²) >= 11 is 0. The molecule has 0 spiro atoms. The van der Waals surface area contributed by atoms with Crippen LogP contribution in [0, 0.1) is 12.3 Å². The third kappa shape index (κ3) is 3.68. The number of hydrogen-bond donors (Lipinski definition) is 2. The molecule has 0 amide bonds. The minimum absolute atomic E-state index is 0.00325. The predicted octanol–water partition coefficient (Wildman–Crippen LogP) is 2.85. The Morgan fingerprint density at radius 3 is 2.72 bits per heavy atom. The first kappa shape index (κ1) is 14.4. The molecule has 3 heteroatoms. The van der Waals surface area contributed by atoms with E-state index in [1.807, 2.05) is 19.1 Å². The van der Waals surface area contributed by atoms with Crippen molar-refractivity contribution in [3.8, 4) is 23.8 Å². The third-order valence-electron chi connectivity index (χ3n) is 2.93. The highest BCUT2D eigenvalue weighted by molar-refractivity contribution is 5.41. The Morgan fingerprint density at radius 1 is 1.50 bits per heavy atom. The maximum absolute atomic E-state index is 9.94. The fourth-order valence-corrected chi connectivity index (χ4v) is 1.91. The molecule has 2 unspecified atom stereocenters. The molecule has 0 aliphatic heterocycles. The van der Waals surface area contributed by atoms with Gasteiger partial charge in [-0.15, -0.1) is 6.42 Å². The highest BCUT2D eigenvalue weighted by atomic mass is 16.5. The van der Waals surface area contributed by atoms with Gasteiger partial charge in [0.25, 0.3) is 0 Å². The Hall–Kier alpha value is -1.66. The van der Waals surface area contributed by atoms with Crippen molar-refractivity contribution >= 4 is 0 Å². The maximum Gasteiger partial charge on any atom is 0.124 e. The second-order valence-corrected chi connectivity index (χ2v) is 4.32. The second kappa shape index (κ2) is 6.93. The largest absolute Gasteiger partial charge is 0.507 e. The van der Waals surface area contributed by atoms with E-state index in [9.17, 15) is 5.11 Å². The first-order valence-corrected chi connectivity index (χ1v) is 6.21. The number of phenols is 1. The number of methoxy groups -OCH3 is 1. The molecule has 1 rings (SSSR count). The monoisotopic (exact) mass is 247 g/mol. The van der Waals surface area contributed by atoms with Crippen LogP contribution >= 0.6 is 0 Å². The number of benzene rings is 1. The van der Waals surface area contributed by atoms with Crippen molar-refractivity contribution in [2.24, 2.45) is 0 Å². The lowest BCUT2D eigenvalue weighted by Crippen LogP contribution is -2.30. The average molecular weight is 247 g/mol. The molecule has 0 aliphatic carbocycles. The van der Waals surface area contributed by atoms with Crippen LogP contribution in [0.25, 0.3) is 0 Å². The van der Waals surface area contributed by atoms with Gasteiger partial charge in [-0.1, -0.05) is 25.3 Å². The molecule has 0 radical (unpaired) electrons. The van der Waals surface area contributed by atoms with Crippen LogP contribution in [0.1, 0.15) is 38.3 Å². The Bertz CT molecular complexity index is 423. The van der Waals surface area contributed by atoms with Gasteiger partial charge >= 0.3 is 0 Å². The SMILES string of the molecule is C#CC(CCC)NC(C)c1ccc(OC)cc1O. The lowest BCUT2D eigenvalue weighted by Gasteiger charge is -2.20. The number of rotatable bonds is 6. The molecule has 0 aliphatic rings. The van der Waals surface area contributed by atoms with E-state index in [1.165, 1.54) is 0 Å². The predicted molar refractivity (Wildman–Crippen MR) is 73.7 cm³/mol. The highest BCUT2D eigenvalue weighted by Gasteiger charge is 2.14. The summed E-state index contributed by atoms with van der Waals surface area (Å²) < 4.78 is 5.06. The normalized spacial score (nSPS) is 13.7. The molecule has 2 atom stereocenters. The van der Waals surface area contributed by atoms with Gasteiger partial charge in [0.05, 0.1) is 13.2 Å². The molecule has 0 heterocycles. The number of terminal acetylenes is 1. The van der Waals surface area contributed by atoms with Crippen molar-refractivity contribution < 1.29 is 9.84 Å². The van der Waals surface area contributed by atoms with Crippen LogP contribution in [0.5, 0.6) is 11.5 Å². The molecule has 0 fully saturated rings. The summed E-state index contributed by atoms with van der Waals surface area (Å²) in [5.41, 5.74) is 0.826. The van der Waals surface area contributed by atoms with Crippen LogP contribution in [0.2, 0.25) is 0 Å². The van der Waals surface area contributed by atoms with Crippen molar-refractivity contribution in [2.45, 2.75) is 38.8 Å². The van der Waals surface area contributed by atoms with Gasteiger partial charge in [0.15, 0.2) is 0 Å². The van der Waals surface area contributed by atoms with Crippen LogP contribution in [0.4, 0.5) is 0 Å². The standard InChI is InChI=1S/C15H21NO2/c1-5-7-12(6-2)16-11(3)14-9-8-13(18-4)10-15(14)17/h2,8-12,16-17H,5,7H2,1,3-4H3. The summed E-state index contributed by atoms with van der Waals surface area (Å²) in [4.78, 5) is 0. The van der Waals surface area contributed by atoms with Crippen molar-refractivity contribution in [2.75, 3.05) is 7.11 Å². The zero-order chi connectivity index (χ0) is 13.5. The molecule has 3 nitrogen and oxygen atoms in total. The van der Waals surface area contributed by atoms with Crippen molar-refractivity contribution in [1.29, 1.82) is 0 Å². The summed E-state index contributed by atoms with van der Waals surface area (Å²) in [7, 11) is 1.58. The van der Waals surface area contributed by atoms with Gasteiger partial charge in [0.1, 0.15) is 11.5 Å². The van der Waals surface area contributed by atoms with E-state index < -0.39 is 0 Å². The van der Waals surface area contributed by atoms with Crippen molar-refractivity contribution in [3.63, 3.8) is 0 Å². The molecular formula is C15H21NO2. The minimum Gasteiger partial charge on any atom is -0.507 e. The number of aromatic hydroxyl groups is 1. The van der Waals surface area contributed by atoms with E-state index in [2.05, 4.69) is 18.2 Å².